The summed E-state index contributed by atoms with van der Waals surface area (Å²) in [7, 11) is -3.44. The van der Waals surface area contributed by atoms with Gasteiger partial charge in [-0.3, -0.25) is 9.78 Å². The molecule has 0 saturated carbocycles. The Bertz CT molecular complexity index is 1620. The van der Waals surface area contributed by atoms with Crippen LogP contribution in [-0.2, 0) is 16.3 Å². The zero-order valence-electron chi connectivity index (χ0n) is 21.3. The Balaban J connectivity index is 1.69. The summed E-state index contributed by atoms with van der Waals surface area (Å²) in [5, 5.41) is 11.5. The van der Waals surface area contributed by atoms with Crippen LogP contribution < -0.4 is 14.2 Å². The van der Waals surface area contributed by atoms with Crippen molar-refractivity contribution < 1.29 is 45.0 Å². The first kappa shape index (κ1) is 29.5. The number of carbonyl (C=O) groups excluding carboxylic acids is 1. The van der Waals surface area contributed by atoms with Crippen molar-refractivity contribution in [1.82, 2.24) is 4.98 Å². The average Bonchev–Trinajstić information content (AvgIpc) is 2.92. The lowest BCUT2D eigenvalue weighted by atomic mass is 9.88. The minimum atomic E-state index is -3.44. The molecule has 0 saturated heterocycles. The van der Waals surface area contributed by atoms with Crippen molar-refractivity contribution in [3.63, 3.8) is 0 Å². The molecule has 0 radical (unpaired) electrons. The summed E-state index contributed by atoms with van der Waals surface area (Å²) in [6, 6.07) is 15.2. The number of aromatic nitrogens is 2. The van der Waals surface area contributed by atoms with Crippen LogP contribution in [0.4, 0.5) is 17.6 Å². The van der Waals surface area contributed by atoms with Gasteiger partial charge in [-0.1, -0.05) is 6.07 Å². The third-order valence-electron chi connectivity index (χ3n) is 6.06. The second kappa shape index (κ2) is 12.3. The molecular weight excluding hydrogens is 568 g/mol. The first-order chi connectivity index (χ1) is 19.4. The van der Waals surface area contributed by atoms with Gasteiger partial charge in [0, 0.05) is 47.3 Å². The summed E-state index contributed by atoms with van der Waals surface area (Å²) in [5.74, 6) is -2.23. The molecule has 2 aromatic carbocycles. The molecule has 0 bridgehead atoms. The Labute approximate surface area is 232 Å². The predicted molar refractivity (Wildman–Crippen MR) is 138 cm³/mol. The van der Waals surface area contributed by atoms with E-state index in [2.05, 4.69) is 14.5 Å². The molecule has 0 aliphatic rings. The van der Waals surface area contributed by atoms with Crippen LogP contribution in [0.5, 0.6) is 11.5 Å². The highest BCUT2D eigenvalue weighted by atomic mass is 32.2. The van der Waals surface area contributed by atoms with Crippen LogP contribution in [0.3, 0.4) is 0 Å². The van der Waals surface area contributed by atoms with Gasteiger partial charge in [0.05, 0.1) is 4.90 Å². The maximum absolute atomic E-state index is 13.0. The summed E-state index contributed by atoms with van der Waals surface area (Å²) in [5.41, 5.74) is 1.89. The molecule has 8 nitrogen and oxygen atoms in total. The predicted octanol–water partition coefficient (Wildman–Crippen LogP) is 4.93. The molecule has 0 spiro atoms. The fraction of sp³-hybridized carbons (Fsp3) is 0.179. The number of ether oxygens (including phenoxy) is 2. The molecule has 0 aliphatic heterocycles. The topological polar surface area (TPSA) is 110 Å². The Morgan fingerprint density at radius 1 is 0.878 bits per heavy atom. The molecule has 0 aliphatic carbocycles. The number of carbonyl (C=O) groups is 1. The van der Waals surface area contributed by atoms with E-state index in [0.717, 1.165) is 18.4 Å². The molecule has 1 unspecified atom stereocenters. The second-order valence-corrected chi connectivity index (χ2v) is 10.9. The Hall–Kier alpha value is -4.52. The number of rotatable bonds is 11. The first-order valence-electron chi connectivity index (χ1n) is 11.9. The van der Waals surface area contributed by atoms with Gasteiger partial charge in [0.1, 0.15) is 0 Å². The van der Waals surface area contributed by atoms with Gasteiger partial charge < -0.3 is 14.7 Å². The first-order valence-corrected chi connectivity index (χ1v) is 13.8. The fourth-order valence-electron chi connectivity index (χ4n) is 4.10. The largest absolute Gasteiger partial charge is 0.619 e. The van der Waals surface area contributed by atoms with Gasteiger partial charge in [-0.15, -0.1) is 0 Å². The van der Waals surface area contributed by atoms with E-state index >= 15 is 0 Å². The van der Waals surface area contributed by atoms with Crippen molar-refractivity contribution in [2.75, 3.05) is 6.26 Å². The number of hydrogen-bond donors (Lipinski definition) is 0. The van der Waals surface area contributed by atoms with Gasteiger partial charge in [-0.25, -0.2) is 8.42 Å². The van der Waals surface area contributed by atoms with Crippen LogP contribution in [0.1, 0.15) is 38.7 Å². The summed E-state index contributed by atoms with van der Waals surface area (Å²) in [6.45, 7) is -6.57. The van der Waals surface area contributed by atoms with Crippen molar-refractivity contribution in [3.05, 3.63) is 118 Å². The third-order valence-corrected chi connectivity index (χ3v) is 7.19. The zero-order chi connectivity index (χ0) is 29.7. The highest BCUT2D eigenvalue weighted by molar-refractivity contribution is 7.90. The Morgan fingerprint density at radius 3 is 2.05 bits per heavy atom. The van der Waals surface area contributed by atoms with Crippen LogP contribution in [0, 0.1) is 5.21 Å². The number of ketones is 1. The van der Waals surface area contributed by atoms with E-state index in [1.165, 1.54) is 55.0 Å². The van der Waals surface area contributed by atoms with E-state index in [-0.39, 0.29) is 22.4 Å². The molecule has 0 N–H and O–H groups in total. The van der Waals surface area contributed by atoms with Crippen molar-refractivity contribution in [2.24, 2.45) is 0 Å². The summed E-state index contributed by atoms with van der Waals surface area (Å²) in [4.78, 5) is 17.4. The van der Waals surface area contributed by atoms with Crippen LogP contribution in [0.2, 0.25) is 0 Å². The van der Waals surface area contributed by atoms with Crippen molar-refractivity contribution in [1.29, 1.82) is 0 Å². The third kappa shape index (κ3) is 7.57. The normalized spacial score (nSPS) is 12.4. The van der Waals surface area contributed by atoms with Crippen molar-refractivity contribution >= 4 is 15.6 Å². The van der Waals surface area contributed by atoms with Crippen LogP contribution in [0.25, 0.3) is 0 Å². The van der Waals surface area contributed by atoms with Crippen LogP contribution >= 0.6 is 0 Å². The molecule has 1 atom stereocenters. The molecule has 214 valence electrons. The van der Waals surface area contributed by atoms with E-state index in [4.69, 9.17) is 0 Å². The van der Waals surface area contributed by atoms with E-state index < -0.39 is 46.3 Å². The molecule has 4 rings (SSSR count). The summed E-state index contributed by atoms with van der Waals surface area (Å²) >= 11 is 0. The maximum atomic E-state index is 13.0. The number of nitrogens with zero attached hydrogens (tertiary/aromatic N) is 2. The quantitative estimate of drug-likeness (QED) is 0.106. The van der Waals surface area contributed by atoms with Gasteiger partial charge in [-0.2, -0.15) is 22.3 Å². The standard InChI is InChI=1S/C28H22F4N2O6S/c1-41(37,38)21-6-2-18(3-7-21)26(35)20-4-8-23(33-16-20)22(14-17-10-12-34(36)13-11-17)19-5-9-24(39-27(29)30)25(15-19)40-28(31)32/h2-13,15-16,22,27-28H,14H2,1H3. The molecule has 13 heteroatoms. The van der Waals surface area contributed by atoms with Crippen LogP contribution in [0.15, 0.2) is 90.2 Å². The monoisotopic (exact) mass is 590 g/mol. The number of benzene rings is 2. The lowest BCUT2D eigenvalue weighted by molar-refractivity contribution is -0.605. The molecule has 0 fully saturated rings. The molecule has 2 heterocycles. The minimum Gasteiger partial charge on any atom is -0.619 e. The van der Waals surface area contributed by atoms with Crippen molar-refractivity contribution in [2.45, 2.75) is 30.5 Å². The van der Waals surface area contributed by atoms with E-state index in [9.17, 15) is 36.0 Å². The van der Waals surface area contributed by atoms with Gasteiger partial charge in [0.15, 0.2) is 39.5 Å². The summed E-state index contributed by atoms with van der Waals surface area (Å²) in [6.07, 6.45) is 5.15. The number of hydrogen-bond acceptors (Lipinski definition) is 7. The SMILES string of the molecule is CS(=O)(=O)c1ccc(C(=O)c2ccc(C(Cc3cc[n+]([O-])cc3)c3ccc(OC(F)F)c(OC(F)F)c3)nc2)cc1. The number of alkyl halides is 4. The average molecular weight is 591 g/mol. The van der Waals surface area contributed by atoms with E-state index in [1.54, 1.807) is 18.2 Å². The fourth-order valence-corrected chi connectivity index (χ4v) is 4.73. The van der Waals surface area contributed by atoms with E-state index in [1.807, 2.05) is 0 Å². The van der Waals surface area contributed by atoms with Gasteiger partial charge in [-0.05, 0) is 66.1 Å². The highest BCUT2D eigenvalue weighted by Crippen LogP contribution is 2.36. The van der Waals surface area contributed by atoms with Crippen molar-refractivity contribution in [3.8, 4) is 11.5 Å². The second-order valence-electron chi connectivity index (χ2n) is 8.88. The van der Waals surface area contributed by atoms with Crippen LogP contribution in [-0.4, -0.2) is 38.7 Å². The Morgan fingerprint density at radius 2 is 1.49 bits per heavy atom. The summed E-state index contributed by atoms with van der Waals surface area (Å²) < 4.78 is 84.5. The molecule has 2 aromatic heterocycles. The smallest absolute Gasteiger partial charge is 0.387 e. The molecule has 41 heavy (non-hydrogen) atoms. The maximum Gasteiger partial charge on any atom is 0.387 e. The van der Waals surface area contributed by atoms with Gasteiger partial charge in [0.25, 0.3) is 0 Å². The Kier molecular flexibility index (Phi) is 8.86. The van der Waals surface area contributed by atoms with E-state index in [0.29, 0.717) is 21.6 Å². The minimum absolute atomic E-state index is 0.0638. The number of pyridine rings is 2. The molecular formula is C28H22F4N2O6S. The highest BCUT2D eigenvalue weighted by Gasteiger charge is 2.22. The lowest BCUT2D eigenvalue weighted by Gasteiger charge is -2.20. The molecule has 0 amide bonds. The molecule has 4 aromatic rings. The number of halogens is 4. The number of sulfone groups is 1. The van der Waals surface area contributed by atoms with Gasteiger partial charge >= 0.3 is 13.2 Å². The van der Waals surface area contributed by atoms with Gasteiger partial charge in [0.2, 0.25) is 0 Å². The lowest BCUT2D eigenvalue weighted by Crippen LogP contribution is -2.24. The zero-order valence-corrected chi connectivity index (χ0v) is 22.1.